The summed E-state index contributed by atoms with van der Waals surface area (Å²) in [6, 6.07) is 0. The van der Waals surface area contributed by atoms with Gasteiger partial charge >= 0.3 is 0 Å². The van der Waals surface area contributed by atoms with Crippen molar-refractivity contribution in [3.63, 3.8) is 0 Å². The summed E-state index contributed by atoms with van der Waals surface area (Å²) in [4.78, 5) is 0. The van der Waals surface area contributed by atoms with Gasteiger partial charge in [-0.3, -0.25) is 4.68 Å². The Morgan fingerprint density at radius 3 is 2.79 bits per heavy atom. The number of aryl methyl sites for hydroxylation is 2. The maximum Gasteiger partial charge on any atom is 0.0994 e. The lowest BCUT2D eigenvalue weighted by molar-refractivity contribution is 0.277. The van der Waals surface area contributed by atoms with Crippen LogP contribution in [0.15, 0.2) is 5.03 Å². The number of thioether (sulfide) groups is 1. The standard InChI is InChI=1S/C10H18N2OS/c1-4-5-6-14-10-9(7-13)8(2)11-12(10)3/h13H,4-7H2,1-3H3. The van der Waals surface area contributed by atoms with Gasteiger partial charge in [0.25, 0.3) is 0 Å². The van der Waals surface area contributed by atoms with Crippen LogP contribution in [0.5, 0.6) is 0 Å². The van der Waals surface area contributed by atoms with Crippen LogP contribution >= 0.6 is 11.8 Å². The molecule has 0 fully saturated rings. The lowest BCUT2D eigenvalue weighted by Gasteiger charge is -2.03. The third-order valence-electron chi connectivity index (χ3n) is 2.18. The average Bonchev–Trinajstić information content (AvgIpc) is 2.42. The van der Waals surface area contributed by atoms with Gasteiger partial charge in [-0.25, -0.2) is 0 Å². The van der Waals surface area contributed by atoms with Crippen molar-refractivity contribution in [1.29, 1.82) is 0 Å². The van der Waals surface area contributed by atoms with Crippen molar-refractivity contribution in [2.45, 2.75) is 38.3 Å². The van der Waals surface area contributed by atoms with Crippen molar-refractivity contribution in [2.24, 2.45) is 7.05 Å². The Hall–Kier alpha value is -0.480. The van der Waals surface area contributed by atoms with E-state index in [1.807, 2.05) is 18.7 Å². The number of aliphatic hydroxyl groups is 1. The van der Waals surface area contributed by atoms with E-state index in [9.17, 15) is 5.11 Å². The van der Waals surface area contributed by atoms with Crippen molar-refractivity contribution >= 4 is 11.8 Å². The molecule has 0 atom stereocenters. The van der Waals surface area contributed by atoms with Crippen LogP contribution in [-0.4, -0.2) is 20.6 Å². The maximum absolute atomic E-state index is 9.20. The molecular weight excluding hydrogens is 196 g/mol. The van der Waals surface area contributed by atoms with E-state index in [0.29, 0.717) is 0 Å². The summed E-state index contributed by atoms with van der Waals surface area (Å²) < 4.78 is 1.86. The molecule has 1 rings (SSSR count). The first kappa shape index (κ1) is 11.6. The Labute approximate surface area is 89.5 Å². The van der Waals surface area contributed by atoms with Crippen LogP contribution in [0, 0.1) is 6.92 Å². The Morgan fingerprint density at radius 1 is 1.50 bits per heavy atom. The quantitative estimate of drug-likeness (QED) is 0.602. The monoisotopic (exact) mass is 214 g/mol. The Bertz CT molecular complexity index is 297. The van der Waals surface area contributed by atoms with Crippen molar-refractivity contribution < 1.29 is 5.11 Å². The molecule has 0 saturated carbocycles. The summed E-state index contributed by atoms with van der Waals surface area (Å²) in [6.07, 6.45) is 2.41. The Balaban J connectivity index is 2.73. The number of unbranched alkanes of at least 4 members (excludes halogenated alkanes) is 1. The average molecular weight is 214 g/mol. The molecule has 1 N–H and O–H groups in total. The molecule has 4 heteroatoms. The highest BCUT2D eigenvalue weighted by atomic mass is 32.2. The van der Waals surface area contributed by atoms with Gasteiger partial charge in [-0.15, -0.1) is 11.8 Å². The molecule has 1 heterocycles. The molecular formula is C10H18N2OS. The SMILES string of the molecule is CCCCSc1c(CO)c(C)nn1C. The summed E-state index contributed by atoms with van der Waals surface area (Å²) in [5.74, 6) is 1.10. The van der Waals surface area contributed by atoms with Crippen LogP contribution in [0.25, 0.3) is 0 Å². The van der Waals surface area contributed by atoms with Crippen LogP contribution in [0.2, 0.25) is 0 Å². The van der Waals surface area contributed by atoms with E-state index in [4.69, 9.17) is 0 Å². The zero-order valence-electron chi connectivity index (χ0n) is 9.08. The molecule has 80 valence electrons. The zero-order chi connectivity index (χ0) is 10.6. The molecule has 14 heavy (non-hydrogen) atoms. The summed E-state index contributed by atoms with van der Waals surface area (Å²) >= 11 is 1.78. The van der Waals surface area contributed by atoms with Crippen LogP contribution in [0.4, 0.5) is 0 Å². The third-order valence-corrected chi connectivity index (χ3v) is 3.46. The first-order valence-corrected chi connectivity index (χ1v) is 5.95. The first-order chi connectivity index (χ1) is 6.70. The molecule has 0 spiro atoms. The molecule has 0 saturated heterocycles. The highest BCUT2D eigenvalue weighted by Crippen LogP contribution is 2.25. The van der Waals surface area contributed by atoms with Gasteiger partial charge in [0.2, 0.25) is 0 Å². The van der Waals surface area contributed by atoms with Crippen LogP contribution < -0.4 is 0 Å². The lowest BCUT2D eigenvalue weighted by atomic mass is 10.3. The molecule has 0 radical (unpaired) electrons. The minimum atomic E-state index is 0.0914. The lowest BCUT2D eigenvalue weighted by Crippen LogP contribution is -1.94. The van der Waals surface area contributed by atoms with E-state index in [1.165, 1.54) is 12.8 Å². The van der Waals surface area contributed by atoms with Gasteiger partial charge in [0.05, 0.1) is 17.3 Å². The molecule has 1 aromatic rings. The normalized spacial score (nSPS) is 10.9. The zero-order valence-corrected chi connectivity index (χ0v) is 9.89. The van der Waals surface area contributed by atoms with Gasteiger partial charge in [0.15, 0.2) is 0 Å². The van der Waals surface area contributed by atoms with Crippen LogP contribution in [0.3, 0.4) is 0 Å². The van der Waals surface area contributed by atoms with Gasteiger partial charge < -0.3 is 5.11 Å². The maximum atomic E-state index is 9.20. The molecule has 0 aromatic carbocycles. The van der Waals surface area contributed by atoms with Crippen molar-refractivity contribution in [2.75, 3.05) is 5.75 Å². The largest absolute Gasteiger partial charge is 0.392 e. The minimum absolute atomic E-state index is 0.0914. The van der Waals surface area contributed by atoms with E-state index < -0.39 is 0 Å². The van der Waals surface area contributed by atoms with Gasteiger partial charge in [0.1, 0.15) is 0 Å². The number of nitrogens with zero attached hydrogens (tertiary/aromatic N) is 2. The third kappa shape index (κ3) is 2.51. The first-order valence-electron chi connectivity index (χ1n) is 4.96. The Morgan fingerprint density at radius 2 is 2.21 bits per heavy atom. The fourth-order valence-corrected chi connectivity index (χ4v) is 2.60. The molecule has 0 aliphatic carbocycles. The predicted octanol–water partition coefficient (Wildman–Crippen LogP) is 2.11. The molecule has 0 aliphatic heterocycles. The van der Waals surface area contributed by atoms with E-state index in [2.05, 4.69) is 12.0 Å². The number of hydrogen-bond donors (Lipinski definition) is 1. The minimum Gasteiger partial charge on any atom is -0.392 e. The number of rotatable bonds is 5. The summed E-state index contributed by atoms with van der Waals surface area (Å²) in [5, 5.41) is 14.6. The Kier molecular flexibility index (Phi) is 4.48. The van der Waals surface area contributed by atoms with Crippen molar-refractivity contribution in [1.82, 2.24) is 9.78 Å². The number of aliphatic hydroxyl groups excluding tert-OH is 1. The van der Waals surface area contributed by atoms with Gasteiger partial charge in [-0.05, 0) is 19.1 Å². The second-order valence-electron chi connectivity index (χ2n) is 3.35. The molecule has 0 amide bonds. The summed E-state index contributed by atoms with van der Waals surface area (Å²) in [6.45, 7) is 4.21. The summed E-state index contributed by atoms with van der Waals surface area (Å²) in [7, 11) is 1.93. The summed E-state index contributed by atoms with van der Waals surface area (Å²) in [5.41, 5.74) is 1.92. The van der Waals surface area contributed by atoms with Gasteiger partial charge in [-0.1, -0.05) is 13.3 Å². The van der Waals surface area contributed by atoms with E-state index >= 15 is 0 Å². The highest BCUT2D eigenvalue weighted by molar-refractivity contribution is 7.99. The molecule has 0 aliphatic rings. The van der Waals surface area contributed by atoms with Crippen LogP contribution in [0.1, 0.15) is 31.0 Å². The van der Waals surface area contributed by atoms with Crippen molar-refractivity contribution in [3.8, 4) is 0 Å². The van der Waals surface area contributed by atoms with Crippen molar-refractivity contribution in [3.05, 3.63) is 11.3 Å². The van der Waals surface area contributed by atoms with Crippen LogP contribution in [-0.2, 0) is 13.7 Å². The second kappa shape index (κ2) is 5.41. The number of aromatic nitrogens is 2. The van der Waals surface area contributed by atoms with Gasteiger partial charge in [-0.2, -0.15) is 5.10 Å². The molecule has 0 unspecified atom stereocenters. The smallest absolute Gasteiger partial charge is 0.0994 e. The topological polar surface area (TPSA) is 38.1 Å². The molecule has 0 bridgehead atoms. The van der Waals surface area contributed by atoms with E-state index in [-0.39, 0.29) is 6.61 Å². The molecule has 3 nitrogen and oxygen atoms in total. The van der Waals surface area contributed by atoms with E-state index in [0.717, 1.165) is 22.0 Å². The van der Waals surface area contributed by atoms with E-state index in [1.54, 1.807) is 11.8 Å². The highest BCUT2D eigenvalue weighted by Gasteiger charge is 2.11. The fraction of sp³-hybridized carbons (Fsp3) is 0.700. The second-order valence-corrected chi connectivity index (χ2v) is 4.44. The van der Waals surface area contributed by atoms with Gasteiger partial charge in [0, 0.05) is 12.6 Å². The molecule has 1 aromatic heterocycles. The predicted molar refractivity (Wildman–Crippen MR) is 59.5 cm³/mol. The number of hydrogen-bond acceptors (Lipinski definition) is 3. The fourth-order valence-electron chi connectivity index (χ4n) is 1.36.